The van der Waals surface area contributed by atoms with Crippen molar-refractivity contribution in [2.24, 2.45) is 0 Å². The lowest BCUT2D eigenvalue weighted by Gasteiger charge is -2.11. The Kier molecular flexibility index (Phi) is 5.72. The van der Waals surface area contributed by atoms with E-state index < -0.39 is 0 Å². The number of hydrogen-bond acceptors (Lipinski definition) is 6. The molecule has 0 unspecified atom stereocenters. The van der Waals surface area contributed by atoms with E-state index in [1.807, 2.05) is 6.07 Å². The molecule has 0 saturated heterocycles. The van der Waals surface area contributed by atoms with Crippen molar-refractivity contribution in [3.05, 3.63) is 71.9 Å². The fourth-order valence-electron chi connectivity index (χ4n) is 2.55. The minimum absolute atomic E-state index is 0.293. The van der Waals surface area contributed by atoms with Crippen LogP contribution in [0.4, 0.5) is 17.2 Å². The number of anilines is 3. The number of nitrogens with zero attached hydrogens (tertiary/aromatic N) is 2. The fraction of sp³-hybridized carbons (Fsp3) is 0.0952. The molecule has 2 aromatic carbocycles. The zero-order valence-corrected chi connectivity index (χ0v) is 15.4. The number of nitriles is 1. The molecular weight excluding hydrogens is 356 g/mol. The Morgan fingerprint density at radius 3 is 2.50 bits per heavy atom. The second-order valence-electron chi connectivity index (χ2n) is 5.74. The molecule has 2 N–H and O–H groups in total. The highest BCUT2D eigenvalue weighted by Gasteiger charge is 2.11. The van der Waals surface area contributed by atoms with E-state index in [1.165, 1.54) is 20.4 Å². The van der Waals surface area contributed by atoms with Crippen LogP contribution in [0, 0.1) is 11.3 Å². The van der Waals surface area contributed by atoms with Gasteiger partial charge in [0, 0.05) is 5.56 Å². The number of benzene rings is 2. The number of pyridine rings is 1. The standard InChI is InChI=1S/C21H18N4O3/c1-27-18-9-7-14(11-19(18)28-2)21(26)24-16-8-10-20(23-13-16)25-17-6-4-3-5-15(17)12-22/h3-11,13H,1-2H3,(H,23,25)(H,24,26). The first-order chi connectivity index (χ1) is 13.6. The number of carbonyl (C=O) groups is 1. The lowest BCUT2D eigenvalue weighted by Crippen LogP contribution is -2.12. The molecule has 0 saturated carbocycles. The van der Waals surface area contributed by atoms with Crippen molar-refractivity contribution in [3.8, 4) is 17.6 Å². The molecule has 28 heavy (non-hydrogen) atoms. The first-order valence-corrected chi connectivity index (χ1v) is 8.40. The van der Waals surface area contributed by atoms with Crippen molar-refractivity contribution >= 4 is 23.1 Å². The Bertz CT molecular complexity index is 1030. The van der Waals surface area contributed by atoms with Crippen LogP contribution in [0.2, 0.25) is 0 Å². The number of carbonyl (C=O) groups excluding carboxylic acids is 1. The molecule has 0 aliphatic carbocycles. The molecule has 3 rings (SSSR count). The number of amides is 1. The normalized spacial score (nSPS) is 9.89. The summed E-state index contributed by atoms with van der Waals surface area (Å²) in [4.78, 5) is 16.7. The summed E-state index contributed by atoms with van der Waals surface area (Å²) in [6.07, 6.45) is 1.54. The molecule has 1 aromatic heterocycles. The number of methoxy groups -OCH3 is 2. The number of rotatable bonds is 6. The lowest BCUT2D eigenvalue weighted by atomic mass is 10.2. The number of ether oxygens (including phenoxy) is 2. The zero-order chi connectivity index (χ0) is 19.9. The lowest BCUT2D eigenvalue weighted by molar-refractivity contribution is 0.102. The zero-order valence-electron chi connectivity index (χ0n) is 15.4. The van der Waals surface area contributed by atoms with E-state index in [1.54, 1.807) is 48.5 Å². The van der Waals surface area contributed by atoms with E-state index in [4.69, 9.17) is 14.7 Å². The van der Waals surface area contributed by atoms with E-state index in [-0.39, 0.29) is 5.91 Å². The first-order valence-electron chi connectivity index (χ1n) is 8.40. The van der Waals surface area contributed by atoms with Crippen molar-refractivity contribution in [2.45, 2.75) is 0 Å². The highest BCUT2D eigenvalue weighted by molar-refractivity contribution is 6.04. The third kappa shape index (κ3) is 4.19. The van der Waals surface area contributed by atoms with Crippen LogP contribution < -0.4 is 20.1 Å². The van der Waals surface area contributed by atoms with Crippen molar-refractivity contribution < 1.29 is 14.3 Å². The quantitative estimate of drug-likeness (QED) is 0.678. The average molecular weight is 374 g/mol. The molecule has 7 heteroatoms. The second kappa shape index (κ2) is 8.56. The predicted molar refractivity (Wildman–Crippen MR) is 106 cm³/mol. The maximum atomic E-state index is 12.5. The third-order valence-corrected chi connectivity index (χ3v) is 3.98. The molecule has 1 amide bonds. The van der Waals surface area contributed by atoms with Crippen molar-refractivity contribution in [3.63, 3.8) is 0 Å². The maximum absolute atomic E-state index is 12.5. The van der Waals surface area contributed by atoms with Gasteiger partial charge in [0.1, 0.15) is 11.9 Å². The predicted octanol–water partition coefficient (Wildman–Crippen LogP) is 3.97. The summed E-state index contributed by atoms with van der Waals surface area (Å²) in [6.45, 7) is 0. The second-order valence-corrected chi connectivity index (χ2v) is 5.74. The molecule has 0 radical (unpaired) electrons. The minimum atomic E-state index is -0.293. The minimum Gasteiger partial charge on any atom is -0.493 e. The monoisotopic (exact) mass is 374 g/mol. The largest absolute Gasteiger partial charge is 0.493 e. The van der Waals surface area contributed by atoms with Crippen LogP contribution in [0.25, 0.3) is 0 Å². The maximum Gasteiger partial charge on any atom is 0.255 e. The van der Waals surface area contributed by atoms with Gasteiger partial charge in [0.15, 0.2) is 11.5 Å². The number of nitrogens with one attached hydrogen (secondary N) is 2. The van der Waals surface area contributed by atoms with E-state index in [2.05, 4.69) is 21.7 Å². The summed E-state index contributed by atoms with van der Waals surface area (Å²) in [5.41, 5.74) is 2.16. The molecule has 0 aliphatic heterocycles. The van der Waals surface area contributed by atoms with Crippen LogP contribution >= 0.6 is 0 Å². The van der Waals surface area contributed by atoms with Crippen LogP contribution in [0.5, 0.6) is 11.5 Å². The summed E-state index contributed by atoms with van der Waals surface area (Å²) in [6, 6.07) is 17.7. The molecule has 0 fully saturated rings. The van der Waals surface area contributed by atoms with Gasteiger partial charge in [-0.15, -0.1) is 0 Å². The molecule has 3 aromatic rings. The molecular formula is C21H18N4O3. The van der Waals surface area contributed by atoms with Crippen molar-refractivity contribution in [1.29, 1.82) is 5.26 Å². The van der Waals surface area contributed by atoms with Gasteiger partial charge in [-0.3, -0.25) is 4.79 Å². The molecule has 0 atom stereocenters. The Labute approximate surface area is 162 Å². The molecule has 1 heterocycles. The third-order valence-electron chi connectivity index (χ3n) is 3.98. The van der Waals surface area contributed by atoms with Crippen molar-refractivity contribution in [1.82, 2.24) is 4.98 Å². The highest BCUT2D eigenvalue weighted by atomic mass is 16.5. The SMILES string of the molecule is COc1ccc(C(=O)Nc2ccc(Nc3ccccc3C#N)nc2)cc1OC. The van der Waals surface area contributed by atoms with Crippen LogP contribution in [0.15, 0.2) is 60.8 Å². The summed E-state index contributed by atoms with van der Waals surface area (Å²) in [5, 5.41) is 15.0. The summed E-state index contributed by atoms with van der Waals surface area (Å²) < 4.78 is 10.4. The number of aromatic nitrogens is 1. The summed E-state index contributed by atoms with van der Waals surface area (Å²) >= 11 is 0. The van der Waals surface area contributed by atoms with Gasteiger partial charge in [0.05, 0.1) is 37.4 Å². The van der Waals surface area contributed by atoms with Gasteiger partial charge in [-0.05, 0) is 42.5 Å². The highest BCUT2D eigenvalue weighted by Crippen LogP contribution is 2.28. The van der Waals surface area contributed by atoms with Gasteiger partial charge in [-0.1, -0.05) is 12.1 Å². The van der Waals surface area contributed by atoms with Gasteiger partial charge < -0.3 is 20.1 Å². The van der Waals surface area contributed by atoms with Gasteiger partial charge in [-0.2, -0.15) is 5.26 Å². The van der Waals surface area contributed by atoms with Gasteiger partial charge in [0.2, 0.25) is 0 Å². The Hall–Kier alpha value is -4.05. The van der Waals surface area contributed by atoms with E-state index in [9.17, 15) is 4.79 Å². The molecule has 0 bridgehead atoms. The number of para-hydroxylation sites is 1. The average Bonchev–Trinajstić information content (AvgIpc) is 2.74. The molecule has 0 aliphatic rings. The summed E-state index contributed by atoms with van der Waals surface area (Å²) in [7, 11) is 3.05. The Balaban J connectivity index is 1.70. The van der Waals surface area contributed by atoms with E-state index in [0.29, 0.717) is 39.8 Å². The van der Waals surface area contributed by atoms with Crippen LogP contribution in [0.3, 0.4) is 0 Å². The fourth-order valence-corrected chi connectivity index (χ4v) is 2.55. The molecule has 0 spiro atoms. The summed E-state index contributed by atoms with van der Waals surface area (Å²) in [5.74, 6) is 1.29. The first kappa shape index (κ1) is 18.7. The van der Waals surface area contributed by atoms with E-state index in [0.717, 1.165) is 0 Å². The molecule has 7 nitrogen and oxygen atoms in total. The van der Waals surface area contributed by atoms with Gasteiger partial charge in [0.25, 0.3) is 5.91 Å². The van der Waals surface area contributed by atoms with Gasteiger partial charge >= 0.3 is 0 Å². The van der Waals surface area contributed by atoms with Crippen LogP contribution in [0.1, 0.15) is 15.9 Å². The van der Waals surface area contributed by atoms with E-state index >= 15 is 0 Å². The molecule has 140 valence electrons. The number of hydrogen-bond donors (Lipinski definition) is 2. The topological polar surface area (TPSA) is 96.3 Å². The smallest absolute Gasteiger partial charge is 0.255 e. The Morgan fingerprint density at radius 1 is 1.04 bits per heavy atom. The van der Waals surface area contributed by atoms with Crippen LogP contribution in [-0.2, 0) is 0 Å². The Morgan fingerprint density at radius 2 is 1.82 bits per heavy atom. The van der Waals surface area contributed by atoms with Crippen molar-refractivity contribution in [2.75, 3.05) is 24.9 Å². The van der Waals surface area contributed by atoms with Crippen LogP contribution in [-0.4, -0.2) is 25.1 Å². The van der Waals surface area contributed by atoms with Gasteiger partial charge in [-0.25, -0.2) is 4.98 Å².